The molecule has 6 nitrogen and oxygen atoms in total. The number of hydrogen-bond donors (Lipinski definition) is 2. The topological polar surface area (TPSA) is 145 Å². The summed E-state index contributed by atoms with van der Waals surface area (Å²) in [4.78, 5) is 20.6. The number of rotatable bonds is 10. The molecule has 22 heavy (non-hydrogen) atoms. The molecule has 0 amide bonds. The van der Waals surface area contributed by atoms with E-state index in [1.54, 1.807) is 0 Å². The van der Waals surface area contributed by atoms with Crippen molar-refractivity contribution in [2.45, 2.75) is 59.8 Å². The van der Waals surface area contributed by atoms with E-state index < -0.39 is 7.82 Å². The lowest BCUT2D eigenvalue weighted by Gasteiger charge is -2.29. The van der Waals surface area contributed by atoms with Crippen LogP contribution in [0, 0.1) is 5.92 Å². The second-order valence-electron chi connectivity index (χ2n) is 5.62. The highest BCUT2D eigenvalue weighted by atomic mass is 31.2. The van der Waals surface area contributed by atoms with E-state index in [0.717, 1.165) is 25.7 Å². The highest BCUT2D eigenvalue weighted by Crippen LogP contribution is 2.25. The summed E-state index contributed by atoms with van der Waals surface area (Å²) in [5.74, 6) is 0.350. The summed E-state index contributed by atoms with van der Waals surface area (Å²) >= 11 is 0. The van der Waals surface area contributed by atoms with Crippen molar-refractivity contribution in [3.63, 3.8) is 0 Å². The van der Waals surface area contributed by atoms with Crippen LogP contribution in [0.2, 0.25) is 0 Å². The molecule has 8 N–H and O–H groups in total. The number of phosphoric ester groups is 1. The Morgan fingerprint density at radius 1 is 1.09 bits per heavy atom. The second-order valence-corrected chi connectivity index (χ2v) is 6.77. The molecule has 0 radical (unpaired) electrons. The molecule has 7 heteroatoms. The van der Waals surface area contributed by atoms with Crippen molar-refractivity contribution in [3.8, 4) is 0 Å². The van der Waals surface area contributed by atoms with E-state index in [1.807, 2.05) is 6.92 Å². The molecule has 0 aliphatic rings. The molecule has 0 aromatic carbocycles. The van der Waals surface area contributed by atoms with Crippen LogP contribution in [0.1, 0.15) is 59.8 Å². The van der Waals surface area contributed by atoms with E-state index >= 15 is 0 Å². The van der Waals surface area contributed by atoms with Gasteiger partial charge < -0.3 is 31.2 Å². The molecule has 134 valence electrons. The summed E-state index contributed by atoms with van der Waals surface area (Å²) in [6.45, 7) is 8.37. The van der Waals surface area contributed by atoms with E-state index in [9.17, 15) is 14.4 Å². The fourth-order valence-corrected chi connectivity index (χ4v) is 2.14. The molecule has 0 rings (SSSR count). The van der Waals surface area contributed by atoms with Crippen LogP contribution in [0.25, 0.3) is 0 Å². The first-order chi connectivity index (χ1) is 9.20. The molecular formula is C15H35N2O4P. The van der Waals surface area contributed by atoms with Gasteiger partial charge in [-0.15, -0.1) is 0 Å². The first kappa shape index (κ1) is 26.4. The first-order valence-corrected chi connectivity index (χ1v) is 8.62. The molecule has 0 aromatic heterocycles. The Hall–Kier alpha value is -0.490. The maximum Gasteiger partial charge on any atom is 0.0596 e. The van der Waals surface area contributed by atoms with Gasteiger partial charge in [0.15, 0.2) is 0 Å². The summed E-state index contributed by atoms with van der Waals surface area (Å²) in [6, 6.07) is 0. The average molecular weight is 338 g/mol. The van der Waals surface area contributed by atoms with Gasteiger partial charge in [0.1, 0.15) is 0 Å². The number of quaternary nitrogens is 2. The normalized spacial score (nSPS) is 12.9. The van der Waals surface area contributed by atoms with Crippen molar-refractivity contribution in [2.24, 2.45) is 5.92 Å². The Bertz CT molecular complexity index is 374. The van der Waals surface area contributed by atoms with Crippen molar-refractivity contribution >= 4 is 7.82 Å². The molecule has 0 aliphatic carbocycles. The van der Waals surface area contributed by atoms with Gasteiger partial charge in [0.2, 0.25) is 0 Å². The molecule has 0 bridgehead atoms. The Morgan fingerprint density at radius 2 is 1.68 bits per heavy atom. The van der Waals surface area contributed by atoms with Crippen molar-refractivity contribution < 1.29 is 18.9 Å². The van der Waals surface area contributed by atoms with Gasteiger partial charge >= 0.3 is 0 Å². The first-order valence-electron chi connectivity index (χ1n) is 7.16. The molecule has 0 saturated heterocycles. The Labute approximate surface area is 135 Å². The minimum atomic E-state index is -4.80. The van der Waals surface area contributed by atoms with Gasteiger partial charge in [0.25, 0.3) is 0 Å². The maximum atomic E-state index is 10.3. The predicted octanol–water partition coefficient (Wildman–Crippen LogP) is 4.08. The lowest BCUT2D eigenvalue weighted by Crippen LogP contribution is -2.17. The number of phosphoric acid groups is 1. The van der Waals surface area contributed by atoms with Crippen LogP contribution in [0.5, 0.6) is 0 Å². The van der Waals surface area contributed by atoms with Gasteiger partial charge in [0, 0.05) is 0 Å². The Balaban J connectivity index is -0.00000180. The summed E-state index contributed by atoms with van der Waals surface area (Å²) in [5.41, 5.74) is 2.73. The standard InChI is InChI=1S/C15H29O4P.2H3N/c1-13(2)7-5-8-14(3)9-6-10-15(4)11-12-19-20(16,17)18;;/h7,9,15H,5-6,8,10-12H2,1-4H3,(H2,16,17,18);2*1H3/b14-9+;;. The Morgan fingerprint density at radius 3 is 2.18 bits per heavy atom. The average Bonchev–Trinajstić information content (AvgIpc) is 2.26. The third kappa shape index (κ3) is 19.5. The second kappa shape index (κ2) is 14.1. The van der Waals surface area contributed by atoms with Gasteiger partial charge in [0.05, 0.1) is 14.4 Å². The SMILES string of the molecule is CC(C)=CCC/C(C)=C/CCC(C)CCOP(=O)([O-])[O-].[NH4+].[NH4+]. The van der Waals surface area contributed by atoms with Crippen molar-refractivity contribution in [3.05, 3.63) is 23.3 Å². The van der Waals surface area contributed by atoms with Crippen LogP contribution in [0.4, 0.5) is 0 Å². The third-order valence-corrected chi connectivity index (χ3v) is 3.60. The summed E-state index contributed by atoms with van der Waals surface area (Å²) < 4.78 is 14.5. The minimum Gasteiger partial charge on any atom is -0.790 e. The van der Waals surface area contributed by atoms with E-state index in [-0.39, 0.29) is 18.9 Å². The zero-order valence-electron chi connectivity index (χ0n) is 15.1. The van der Waals surface area contributed by atoms with E-state index in [1.165, 1.54) is 11.1 Å². The maximum absolute atomic E-state index is 10.3. The fourth-order valence-electron chi connectivity index (χ4n) is 1.81. The van der Waals surface area contributed by atoms with Crippen molar-refractivity contribution in [1.29, 1.82) is 0 Å². The van der Waals surface area contributed by atoms with E-state index in [4.69, 9.17) is 0 Å². The molecule has 0 aromatic rings. The van der Waals surface area contributed by atoms with Crippen molar-refractivity contribution in [2.75, 3.05) is 6.61 Å². The Kier molecular flexibility index (Phi) is 17.0. The number of hydrogen-bond acceptors (Lipinski definition) is 4. The van der Waals surface area contributed by atoms with Crippen LogP contribution in [0.3, 0.4) is 0 Å². The predicted molar refractivity (Wildman–Crippen MR) is 91.0 cm³/mol. The lowest BCUT2D eigenvalue weighted by atomic mass is 10.0. The van der Waals surface area contributed by atoms with Gasteiger partial charge in [-0.25, -0.2) is 0 Å². The zero-order chi connectivity index (χ0) is 15.6. The van der Waals surface area contributed by atoms with Gasteiger partial charge in [-0.05, 0) is 58.8 Å². The monoisotopic (exact) mass is 338 g/mol. The molecule has 1 atom stereocenters. The van der Waals surface area contributed by atoms with Crippen LogP contribution in [-0.4, -0.2) is 6.61 Å². The quantitative estimate of drug-likeness (QED) is 0.456. The van der Waals surface area contributed by atoms with Crippen LogP contribution in [0.15, 0.2) is 23.3 Å². The molecule has 0 fully saturated rings. The van der Waals surface area contributed by atoms with E-state index in [0.29, 0.717) is 12.3 Å². The molecule has 0 heterocycles. The van der Waals surface area contributed by atoms with Crippen LogP contribution < -0.4 is 22.1 Å². The molecule has 0 aliphatic heterocycles. The third-order valence-electron chi connectivity index (χ3n) is 3.10. The fraction of sp³-hybridized carbons (Fsp3) is 0.733. The summed E-state index contributed by atoms with van der Waals surface area (Å²) in [6.07, 6.45) is 9.19. The highest BCUT2D eigenvalue weighted by Gasteiger charge is 2.02. The van der Waals surface area contributed by atoms with Gasteiger partial charge in [-0.1, -0.05) is 30.2 Å². The summed E-state index contributed by atoms with van der Waals surface area (Å²) in [7, 11) is -4.80. The molecule has 0 saturated carbocycles. The largest absolute Gasteiger partial charge is 0.790 e. The van der Waals surface area contributed by atoms with Crippen LogP contribution >= 0.6 is 7.82 Å². The molecular weight excluding hydrogens is 303 g/mol. The van der Waals surface area contributed by atoms with E-state index in [2.05, 4.69) is 37.4 Å². The van der Waals surface area contributed by atoms with Gasteiger partial charge in [-0.3, -0.25) is 0 Å². The lowest BCUT2D eigenvalue weighted by molar-refractivity contribution is -0.341. The number of allylic oxidation sites excluding steroid dienone is 4. The summed E-state index contributed by atoms with van der Waals surface area (Å²) in [5, 5.41) is 0. The molecule has 1 unspecified atom stereocenters. The highest BCUT2D eigenvalue weighted by molar-refractivity contribution is 7.43. The zero-order valence-corrected chi connectivity index (χ0v) is 15.9. The van der Waals surface area contributed by atoms with Crippen molar-refractivity contribution in [1.82, 2.24) is 12.3 Å². The van der Waals surface area contributed by atoms with Crippen LogP contribution in [-0.2, 0) is 9.09 Å². The minimum absolute atomic E-state index is 0. The van der Waals surface area contributed by atoms with Gasteiger partial charge in [-0.2, -0.15) is 0 Å². The molecule has 0 spiro atoms. The smallest absolute Gasteiger partial charge is 0.0596 e.